The Labute approximate surface area is 117 Å². The first kappa shape index (κ1) is 12.2. The molecule has 0 saturated heterocycles. The first-order valence-corrected chi connectivity index (χ1v) is 7.30. The number of thiophene rings is 1. The van der Waals surface area contributed by atoms with Gasteiger partial charge in [0, 0.05) is 17.2 Å². The summed E-state index contributed by atoms with van der Waals surface area (Å²) < 4.78 is 5.43. The molecule has 0 aliphatic heterocycles. The summed E-state index contributed by atoms with van der Waals surface area (Å²) in [6.07, 6.45) is 5.23. The zero-order chi connectivity index (χ0) is 13.1. The highest BCUT2D eigenvalue weighted by molar-refractivity contribution is 7.11. The van der Waals surface area contributed by atoms with Crippen LogP contribution in [0.3, 0.4) is 0 Å². The van der Waals surface area contributed by atoms with E-state index in [2.05, 4.69) is 60.0 Å². The molecule has 0 unspecified atom stereocenters. The Balaban J connectivity index is 2.02. The van der Waals surface area contributed by atoms with Crippen LogP contribution in [0, 0.1) is 0 Å². The molecule has 0 N–H and O–H groups in total. The van der Waals surface area contributed by atoms with Crippen LogP contribution in [0.5, 0.6) is 0 Å². The molecule has 0 fully saturated rings. The van der Waals surface area contributed by atoms with E-state index in [9.17, 15) is 0 Å². The molecule has 1 aromatic carbocycles. The number of rotatable bonds is 3. The predicted octanol–water partition coefficient (Wildman–Crippen LogP) is 4.85. The summed E-state index contributed by atoms with van der Waals surface area (Å²) in [5.74, 6) is 1.44. The lowest BCUT2D eigenvalue weighted by molar-refractivity contribution is 0.273. The fourth-order valence-corrected chi connectivity index (χ4v) is 3.32. The summed E-state index contributed by atoms with van der Waals surface area (Å²) in [7, 11) is 1.75. The van der Waals surface area contributed by atoms with Crippen LogP contribution in [-0.4, -0.2) is 7.11 Å². The maximum atomic E-state index is 5.43. The first-order chi connectivity index (χ1) is 9.38. The second-order valence-corrected chi connectivity index (χ2v) is 5.55. The van der Waals surface area contributed by atoms with Crippen LogP contribution in [0.2, 0.25) is 0 Å². The standard InChI is InChI=1S/C17H16OS/c1-18-14-9-10-15(17-8-5-11-19-17)16(12-14)13-6-3-2-4-7-13/h2-11,16H,12H2,1H3/t16-/m1/s1. The topological polar surface area (TPSA) is 9.23 Å². The van der Waals surface area contributed by atoms with Crippen LogP contribution in [0.15, 0.2) is 65.8 Å². The van der Waals surface area contributed by atoms with Gasteiger partial charge in [-0.1, -0.05) is 42.5 Å². The number of hydrogen-bond donors (Lipinski definition) is 0. The van der Waals surface area contributed by atoms with Crippen molar-refractivity contribution < 1.29 is 4.74 Å². The van der Waals surface area contributed by atoms with E-state index in [4.69, 9.17) is 4.74 Å². The average Bonchev–Trinajstić information content (AvgIpc) is 3.01. The molecule has 0 radical (unpaired) electrons. The van der Waals surface area contributed by atoms with Crippen molar-refractivity contribution in [1.29, 1.82) is 0 Å². The lowest BCUT2D eigenvalue weighted by Gasteiger charge is -2.24. The zero-order valence-electron chi connectivity index (χ0n) is 10.9. The Kier molecular flexibility index (Phi) is 3.51. The van der Waals surface area contributed by atoms with Crippen molar-refractivity contribution >= 4 is 16.9 Å². The van der Waals surface area contributed by atoms with Gasteiger partial charge in [-0.25, -0.2) is 0 Å². The van der Waals surface area contributed by atoms with Crippen molar-refractivity contribution in [3.63, 3.8) is 0 Å². The van der Waals surface area contributed by atoms with Crippen LogP contribution in [-0.2, 0) is 4.74 Å². The Hall–Kier alpha value is -1.80. The SMILES string of the molecule is COC1=CC=C(c2cccs2)[C@@H](c2ccccc2)C1. The molecule has 0 saturated carbocycles. The molecule has 1 nitrogen and oxygen atoms in total. The van der Waals surface area contributed by atoms with Crippen molar-refractivity contribution in [3.8, 4) is 0 Å². The number of hydrogen-bond acceptors (Lipinski definition) is 2. The molecule has 3 rings (SSSR count). The minimum absolute atomic E-state index is 0.389. The van der Waals surface area contributed by atoms with Gasteiger partial charge in [-0.2, -0.15) is 0 Å². The molecule has 96 valence electrons. The van der Waals surface area contributed by atoms with Crippen LogP contribution in [0.4, 0.5) is 0 Å². The second kappa shape index (κ2) is 5.45. The highest BCUT2D eigenvalue weighted by Gasteiger charge is 2.23. The van der Waals surface area contributed by atoms with Gasteiger partial charge in [-0.15, -0.1) is 11.3 Å². The fourth-order valence-electron chi connectivity index (χ4n) is 2.51. The molecule has 0 bridgehead atoms. The number of methoxy groups -OCH3 is 1. The molecule has 1 heterocycles. The minimum Gasteiger partial charge on any atom is -0.501 e. The molecule has 0 spiro atoms. The van der Waals surface area contributed by atoms with Crippen LogP contribution in [0.25, 0.3) is 5.57 Å². The molecule has 1 atom stereocenters. The van der Waals surface area contributed by atoms with Gasteiger partial charge in [-0.05, 0) is 28.7 Å². The average molecular weight is 268 g/mol. The number of ether oxygens (including phenoxy) is 1. The van der Waals surface area contributed by atoms with E-state index in [1.54, 1.807) is 18.4 Å². The molecule has 2 aromatic rings. The lowest BCUT2D eigenvalue weighted by Crippen LogP contribution is -2.07. The first-order valence-electron chi connectivity index (χ1n) is 6.42. The summed E-state index contributed by atoms with van der Waals surface area (Å²) in [6.45, 7) is 0. The van der Waals surface area contributed by atoms with E-state index < -0.39 is 0 Å². The Morgan fingerprint density at radius 2 is 1.89 bits per heavy atom. The quantitative estimate of drug-likeness (QED) is 0.773. The largest absolute Gasteiger partial charge is 0.501 e. The zero-order valence-corrected chi connectivity index (χ0v) is 11.7. The van der Waals surface area contributed by atoms with E-state index in [0.717, 1.165) is 12.2 Å². The minimum atomic E-state index is 0.389. The van der Waals surface area contributed by atoms with Crippen LogP contribution in [0.1, 0.15) is 22.8 Å². The summed E-state index contributed by atoms with van der Waals surface area (Å²) in [5, 5.41) is 2.13. The molecule has 1 aliphatic carbocycles. The normalized spacial score (nSPS) is 18.7. The highest BCUT2D eigenvalue weighted by Crippen LogP contribution is 2.41. The maximum Gasteiger partial charge on any atom is 0.0965 e. The van der Waals surface area contributed by atoms with Gasteiger partial charge in [0.15, 0.2) is 0 Å². The summed E-state index contributed by atoms with van der Waals surface area (Å²) in [4.78, 5) is 1.35. The van der Waals surface area contributed by atoms with Crippen molar-refractivity contribution in [2.24, 2.45) is 0 Å². The van der Waals surface area contributed by atoms with E-state index in [0.29, 0.717) is 5.92 Å². The van der Waals surface area contributed by atoms with Gasteiger partial charge in [-0.3, -0.25) is 0 Å². The van der Waals surface area contributed by atoms with Gasteiger partial charge in [0.05, 0.1) is 12.9 Å². The third-order valence-electron chi connectivity index (χ3n) is 3.50. The molecular weight excluding hydrogens is 252 g/mol. The van der Waals surface area contributed by atoms with Crippen molar-refractivity contribution in [1.82, 2.24) is 0 Å². The second-order valence-electron chi connectivity index (χ2n) is 4.60. The highest BCUT2D eigenvalue weighted by atomic mass is 32.1. The Morgan fingerprint density at radius 3 is 2.58 bits per heavy atom. The van der Waals surface area contributed by atoms with Crippen molar-refractivity contribution in [3.05, 3.63) is 76.2 Å². The monoisotopic (exact) mass is 268 g/mol. The predicted molar refractivity (Wildman–Crippen MR) is 81.2 cm³/mol. The van der Waals surface area contributed by atoms with E-state index in [1.165, 1.54) is 16.0 Å². The third-order valence-corrected chi connectivity index (χ3v) is 4.42. The summed E-state index contributed by atoms with van der Waals surface area (Å²) >= 11 is 1.80. The third kappa shape index (κ3) is 2.49. The van der Waals surface area contributed by atoms with Gasteiger partial charge in [0.2, 0.25) is 0 Å². The van der Waals surface area contributed by atoms with Gasteiger partial charge in [0.25, 0.3) is 0 Å². The van der Waals surface area contributed by atoms with Gasteiger partial charge >= 0.3 is 0 Å². The molecular formula is C17H16OS. The van der Waals surface area contributed by atoms with E-state index >= 15 is 0 Å². The summed E-state index contributed by atoms with van der Waals surface area (Å²) in [6, 6.07) is 15.0. The summed E-state index contributed by atoms with van der Waals surface area (Å²) in [5.41, 5.74) is 2.74. The van der Waals surface area contributed by atoms with Gasteiger partial charge < -0.3 is 4.74 Å². The van der Waals surface area contributed by atoms with Crippen LogP contribution >= 0.6 is 11.3 Å². The fraction of sp³-hybridized carbons (Fsp3) is 0.176. The molecule has 1 aromatic heterocycles. The van der Waals surface area contributed by atoms with Gasteiger partial charge in [0.1, 0.15) is 0 Å². The molecule has 2 heteroatoms. The van der Waals surface area contributed by atoms with Crippen molar-refractivity contribution in [2.75, 3.05) is 7.11 Å². The lowest BCUT2D eigenvalue weighted by atomic mass is 9.84. The number of allylic oxidation sites excluding steroid dienone is 4. The number of benzene rings is 1. The van der Waals surface area contributed by atoms with E-state index in [-0.39, 0.29) is 0 Å². The van der Waals surface area contributed by atoms with Crippen LogP contribution < -0.4 is 0 Å². The molecule has 19 heavy (non-hydrogen) atoms. The van der Waals surface area contributed by atoms with E-state index in [1.807, 2.05) is 0 Å². The van der Waals surface area contributed by atoms with Crippen molar-refractivity contribution in [2.45, 2.75) is 12.3 Å². The Bertz CT molecular complexity index is 593. The Morgan fingerprint density at radius 1 is 1.05 bits per heavy atom. The molecule has 1 aliphatic rings. The molecule has 0 amide bonds. The smallest absolute Gasteiger partial charge is 0.0965 e. The maximum absolute atomic E-state index is 5.43.